The number of hydrogen-bond acceptors (Lipinski definition) is 1. The molecule has 0 aromatic heterocycles. The number of carboxylic acids is 1. The fourth-order valence-corrected chi connectivity index (χ4v) is 2.67. The lowest BCUT2D eigenvalue weighted by molar-refractivity contribution is -0.858. The fraction of sp³-hybridized carbons (Fsp3) is 0.950. The van der Waals surface area contributed by atoms with Gasteiger partial charge in [0.25, 0.3) is 5.97 Å². The molecule has 2 N–H and O–H groups in total. The monoisotopic (exact) mass is 330 g/mol. The second-order valence-electron chi connectivity index (χ2n) is 7.07. The van der Waals surface area contributed by atoms with E-state index in [9.17, 15) is 0 Å². The molecular weight excluding hydrogens is 286 g/mol. The van der Waals surface area contributed by atoms with Gasteiger partial charge in [-0.2, -0.15) is 0 Å². The van der Waals surface area contributed by atoms with Crippen LogP contribution in [0, 0.1) is 0 Å². The Morgan fingerprint density at radius 2 is 0.957 bits per heavy atom. The molecule has 0 fully saturated rings. The highest BCUT2D eigenvalue weighted by molar-refractivity contribution is 5.62. The van der Waals surface area contributed by atoms with Gasteiger partial charge in [0.2, 0.25) is 0 Å². The number of quaternary nitrogens is 1. The van der Waals surface area contributed by atoms with Crippen LogP contribution in [0.3, 0.4) is 0 Å². The third kappa shape index (κ3) is 34.0. The Kier molecular flexibility index (Phi) is 23.0. The Balaban J connectivity index is 0. The van der Waals surface area contributed by atoms with Crippen molar-refractivity contribution in [3.63, 3.8) is 0 Å². The van der Waals surface area contributed by atoms with Crippen molar-refractivity contribution in [2.75, 3.05) is 20.6 Å². The first kappa shape index (κ1) is 24.7. The zero-order valence-electron chi connectivity index (χ0n) is 16.5. The molecule has 0 unspecified atom stereocenters. The third-order valence-corrected chi connectivity index (χ3v) is 4.03. The first-order valence-electron chi connectivity index (χ1n) is 9.99. The minimum atomic E-state index is -0.833. The van der Waals surface area contributed by atoms with E-state index in [1.54, 1.807) is 4.90 Å². The SMILES string of the molecule is CC(=O)O.CCCCCCCCCCCCCCCC[NH+](C)C. The van der Waals surface area contributed by atoms with Gasteiger partial charge in [-0.1, -0.05) is 84.0 Å². The number of rotatable bonds is 15. The van der Waals surface area contributed by atoms with Crippen LogP contribution in [0.4, 0.5) is 0 Å². The highest BCUT2D eigenvalue weighted by atomic mass is 16.4. The van der Waals surface area contributed by atoms with Gasteiger partial charge >= 0.3 is 0 Å². The Morgan fingerprint density at radius 1 is 0.696 bits per heavy atom. The standard InChI is InChI=1S/C18H39N.C2H4O2/c1-4-5-6-7-8-9-10-11-12-13-14-15-16-17-18-19(2)3;1-2(3)4/h4-18H2,1-3H3;1H3,(H,3,4)/p+1. The zero-order valence-corrected chi connectivity index (χ0v) is 16.5. The average Bonchev–Trinajstić information content (AvgIpc) is 2.47. The smallest absolute Gasteiger partial charge is 0.300 e. The van der Waals surface area contributed by atoms with Crippen LogP contribution >= 0.6 is 0 Å². The number of nitrogens with one attached hydrogen (secondary N) is 1. The van der Waals surface area contributed by atoms with E-state index in [1.807, 2.05) is 0 Å². The van der Waals surface area contributed by atoms with Gasteiger partial charge in [-0.15, -0.1) is 0 Å². The van der Waals surface area contributed by atoms with E-state index in [1.165, 1.54) is 96.4 Å². The van der Waals surface area contributed by atoms with Crippen molar-refractivity contribution in [2.45, 2.75) is 104 Å². The van der Waals surface area contributed by atoms with E-state index in [0.717, 1.165) is 6.92 Å². The van der Waals surface area contributed by atoms with Crippen molar-refractivity contribution in [3.8, 4) is 0 Å². The lowest BCUT2D eigenvalue weighted by atomic mass is 10.0. The summed E-state index contributed by atoms with van der Waals surface area (Å²) in [5.41, 5.74) is 0. The van der Waals surface area contributed by atoms with Crippen molar-refractivity contribution in [3.05, 3.63) is 0 Å². The summed E-state index contributed by atoms with van der Waals surface area (Å²) in [5.74, 6) is -0.833. The van der Waals surface area contributed by atoms with Gasteiger partial charge in [0, 0.05) is 6.92 Å². The quantitative estimate of drug-likeness (QED) is 0.427. The number of unbranched alkanes of at least 4 members (excludes halogenated alkanes) is 13. The van der Waals surface area contributed by atoms with Gasteiger partial charge < -0.3 is 10.0 Å². The molecule has 0 saturated heterocycles. The average molecular weight is 331 g/mol. The van der Waals surface area contributed by atoms with E-state index in [0.29, 0.717) is 0 Å². The van der Waals surface area contributed by atoms with E-state index in [-0.39, 0.29) is 0 Å². The Labute approximate surface area is 145 Å². The van der Waals surface area contributed by atoms with Crippen molar-refractivity contribution >= 4 is 5.97 Å². The summed E-state index contributed by atoms with van der Waals surface area (Å²) >= 11 is 0. The Hall–Kier alpha value is -0.570. The van der Waals surface area contributed by atoms with Crippen molar-refractivity contribution in [1.29, 1.82) is 0 Å². The van der Waals surface area contributed by atoms with Crippen LogP contribution in [-0.4, -0.2) is 31.7 Å². The molecule has 0 atom stereocenters. The van der Waals surface area contributed by atoms with Crippen molar-refractivity contribution < 1.29 is 14.8 Å². The maximum Gasteiger partial charge on any atom is 0.300 e. The minimum absolute atomic E-state index is 0.833. The number of aliphatic carboxylic acids is 1. The number of carboxylic acid groups (broad SMARTS) is 1. The minimum Gasteiger partial charge on any atom is -0.481 e. The van der Waals surface area contributed by atoms with Crippen LogP contribution < -0.4 is 4.90 Å². The molecule has 0 heterocycles. The highest BCUT2D eigenvalue weighted by Gasteiger charge is 1.95. The summed E-state index contributed by atoms with van der Waals surface area (Å²) in [4.78, 5) is 10.6. The molecule has 0 bridgehead atoms. The van der Waals surface area contributed by atoms with Crippen LogP contribution in [0.2, 0.25) is 0 Å². The van der Waals surface area contributed by atoms with Gasteiger partial charge in [0.1, 0.15) is 0 Å². The molecule has 0 amide bonds. The summed E-state index contributed by atoms with van der Waals surface area (Å²) in [6, 6.07) is 0. The molecule has 0 radical (unpaired) electrons. The fourth-order valence-electron chi connectivity index (χ4n) is 2.67. The number of carbonyl (C=O) groups is 1. The van der Waals surface area contributed by atoms with Crippen LogP contribution in [0.25, 0.3) is 0 Å². The molecule has 0 saturated carbocycles. The van der Waals surface area contributed by atoms with Crippen LogP contribution in [0.15, 0.2) is 0 Å². The Morgan fingerprint density at radius 3 is 1.22 bits per heavy atom. The molecule has 0 aliphatic carbocycles. The topological polar surface area (TPSA) is 41.7 Å². The summed E-state index contributed by atoms with van der Waals surface area (Å²) in [6.45, 7) is 4.72. The van der Waals surface area contributed by atoms with E-state index < -0.39 is 5.97 Å². The number of hydrogen-bond donors (Lipinski definition) is 2. The molecule has 140 valence electrons. The maximum absolute atomic E-state index is 9.00. The van der Waals surface area contributed by atoms with E-state index in [4.69, 9.17) is 9.90 Å². The Bertz CT molecular complexity index is 226. The third-order valence-electron chi connectivity index (χ3n) is 4.03. The van der Waals surface area contributed by atoms with Gasteiger partial charge in [-0.3, -0.25) is 4.79 Å². The van der Waals surface area contributed by atoms with E-state index in [2.05, 4.69) is 21.0 Å². The molecule has 3 nitrogen and oxygen atoms in total. The predicted octanol–water partition coefficient (Wildman–Crippen LogP) is 4.70. The lowest BCUT2D eigenvalue weighted by Gasteiger charge is -2.06. The molecule has 3 heteroatoms. The second-order valence-corrected chi connectivity index (χ2v) is 7.07. The normalized spacial score (nSPS) is 10.5. The van der Waals surface area contributed by atoms with Crippen LogP contribution in [0.5, 0.6) is 0 Å². The summed E-state index contributed by atoms with van der Waals surface area (Å²) in [5, 5.41) is 7.42. The second kappa shape index (κ2) is 21.4. The lowest BCUT2D eigenvalue weighted by Crippen LogP contribution is -3.05. The van der Waals surface area contributed by atoms with E-state index >= 15 is 0 Å². The predicted molar refractivity (Wildman–Crippen MR) is 101 cm³/mol. The molecular formula is C20H44NO2+. The van der Waals surface area contributed by atoms with Crippen molar-refractivity contribution in [2.24, 2.45) is 0 Å². The summed E-state index contributed by atoms with van der Waals surface area (Å²) in [6.07, 6.45) is 20.4. The van der Waals surface area contributed by atoms with Crippen LogP contribution in [-0.2, 0) is 4.79 Å². The van der Waals surface area contributed by atoms with Gasteiger partial charge in [-0.25, -0.2) is 0 Å². The summed E-state index contributed by atoms with van der Waals surface area (Å²) < 4.78 is 0. The highest BCUT2D eigenvalue weighted by Crippen LogP contribution is 2.12. The van der Waals surface area contributed by atoms with Gasteiger partial charge in [0.05, 0.1) is 20.6 Å². The molecule has 0 aliphatic rings. The van der Waals surface area contributed by atoms with Crippen LogP contribution in [0.1, 0.15) is 104 Å². The first-order chi connectivity index (χ1) is 11.0. The molecule has 23 heavy (non-hydrogen) atoms. The molecule has 0 rings (SSSR count). The van der Waals surface area contributed by atoms with Gasteiger partial charge in [0.15, 0.2) is 0 Å². The maximum atomic E-state index is 9.00. The largest absolute Gasteiger partial charge is 0.481 e. The molecule has 0 aromatic rings. The first-order valence-corrected chi connectivity index (χ1v) is 9.99. The molecule has 0 spiro atoms. The molecule has 0 aliphatic heterocycles. The van der Waals surface area contributed by atoms with Crippen molar-refractivity contribution in [1.82, 2.24) is 0 Å². The zero-order chi connectivity index (χ0) is 17.8. The summed E-state index contributed by atoms with van der Waals surface area (Å²) in [7, 11) is 4.50. The molecule has 0 aromatic carbocycles. The van der Waals surface area contributed by atoms with Gasteiger partial charge in [-0.05, 0) is 12.8 Å².